The minimum atomic E-state index is -2.28. The summed E-state index contributed by atoms with van der Waals surface area (Å²) in [7, 11) is 1.50. The molecule has 22 heavy (non-hydrogen) atoms. The molecule has 2 aliphatic heterocycles. The average molecular weight is 302 g/mol. The van der Waals surface area contributed by atoms with E-state index in [0.717, 1.165) is 0 Å². The van der Waals surface area contributed by atoms with Crippen molar-refractivity contribution in [2.45, 2.75) is 12.3 Å². The SMILES string of the molecule is CN(c1cccc2c1CC(=O)N2)C1(F)NC=CC=C1C(N)=O. The number of benzene rings is 1. The summed E-state index contributed by atoms with van der Waals surface area (Å²) in [5.41, 5.74) is 6.92. The van der Waals surface area contributed by atoms with Gasteiger partial charge in [0, 0.05) is 30.2 Å². The van der Waals surface area contributed by atoms with E-state index in [1.54, 1.807) is 18.2 Å². The summed E-state index contributed by atoms with van der Waals surface area (Å²) in [5.74, 6) is -3.28. The largest absolute Gasteiger partial charge is 0.366 e. The number of primary amides is 1. The van der Waals surface area contributed by atoms with Crippen LogP contribution in [0.25, 0.3) is 0 Å². The minimum absolute atomic E-state index is 0.147. The molecule has 2 aliphatic rings. The monoisotopic (exact) mass is 302 g/mol. The Hall–Kier alpha value is -2.83. The van der Waals surface area contributed by atoms with Gasteiger partial charge in [0.15, 0.2) is 0 Å². The van der Waals surface area contributed by atoms with E-state index in [1.165, 1.54) is 30.3 Å². The molecule has 3 rings (SSSR count). The minimum Gasteiger partial charge on any atom is -0.366 e. The number of amides is 2. The number of dihydropyridines is 1. The maximum atomic E-state index is 15.4. The van der Waals surface area contributed by atoms with Crippen LogP contribution < -0.4 is 21.3 Å². The Morgan fingerprint density at radius 1 is 1.45 bits per heavy atom. The van der Waals surface area contributed by atoms with Gasteiger partial charge >= 0.3 is 0 Å². The number of fused-ring (bicyclic) bond motifs is 1. The average Bonchev–Trinajstić information content (AvgIpc) is 2.86. The topological polar surface area (TPSA) is 87.5 Å². The van der Waals surface area contributed by atoms with Crippen molar-refractivity contribution in [3.63, 3.8) is 0 Å². The van der Waals surface area contributed by atoms with Crippen LogP contribution in [0.5, 0.6) is 0 Å². The molecule has 2 heterocycles. The van der Waals surface area contributed by atoms with Gasteiger partial charge < -0.3 is 21.3 Å². The van der Waals surface area contributed by atoms with Gasteiger partial charge in [-0.1, -0.05) is 6.07 Å². The Morgan fingerprint density at radius 2 is 2.23 bits per heavy atom. The van der Waals surface area contributed by atoms with Gasteiger partial charge in [0.05, 0.1) is 12.0 Å². The number of rotatable bonds is 3. The van der Waals surface area contributed by atoms with Crippen molar-refractivity contribution < 1.29 is 14.0 Å². The van der Waals surface area contributed by atoms with Crippen LogP contribution in [-0.4, -0.2) is 24.8 Å². The summed E-state index contributed by atoms with van der Waals surface area (Å²) < 4.78 is 15.4. The molecule has 6 nitrogen and oxygen atoms in total. The zero-order valence-corrected chi connectivity index (χ0v) is 11.9. The van der Waals surface area contributed by atoms with Gasteiger partial charge in [0.2, 0.25) is 5.91 Å². The number of carbonyl (C=O) groups is 2. The highest BCUT2D eigenvalue weighted by molar-refractivity contribution is 6.01. The number of nitrogens with zero attached hydrogens (tertiary/aromatic N) is 1. The fourth-order valence-corrected chi connectivity index (χ4v) is 2.73. The first-order valence-corrected chi connectivity index (χ1v) is 6.73. The van der Waals surface area contributed by atoms with Crippen molar-refractivity contribution >= 4 is 23.2 Å². The maximum Gasteiger partial charge on any atom is 0.289 e. The molecule has 0 bridgehead atoms. The van der Waals surface area contributed by atoms with Gasteiger partial charge in [-0.05, 0) is 24.3 Å². The van der Waals surface area contributed by atoms with Crippen LogP contribution in [-0.2, 0) is 16.0 Å². The summed E-state index contributed by atoms with van der Waals surface area (Å²) in [4.78, 5) is 24.4. The van der Waals surface area contributed by atoms with Crippen molar-refractivity contribution in [2.75, 3.05) is 17.3 Å². The number of likely N-dealkylation sites (N-methyl/N-ethyl adjacent to an activating group) is 1. The second-order valence-corrected chi connectivity index (χ2v) is 5.16. The van der Waals surface area contributed by atoms with E-state index in [1.807, 2.05) is 0 Å². The van der Waals surface area contributed by atoms with Gasteiger partial charge in [-0.3, -0.25) is 9.59 Å². The number of carbonyl (C=O) groups excluding carboxylic acids is 2. The fourth-order valence-electron chi connectivity index (χ4n) is 2.73. The molecule has 0 aromatic heterocycles. The third-order valence-electron chi connectivity index (χ3n) is 3.84. The number of alkyl halides is 1. The lowest BCUT2D eigenvalue weighted by Gasteiger charge is -2.39. The van der Waals surface area contributed by atoms with Crippen molar-refractivity contribution in [1.29, 1.82) is 0 Å². The van der Waals surface area contributed by atoms with Gasteiger partial charge in [-0.2, -0.15) is 4.39 Å². The second-order valence-electron chi connectivity index (χ2n) is 5.16. The lowest BCUT2D eigenvalue weighted by Crippen LogP contribution is -2.57. The van der Waals surface area contributed by atoms with Crippen LogP contribution in [0.2, 0.25) is 0 Å². The van der Waals surface area contributed by atoms with E-state index in [0.29, 0.717) is 16.9 Å². The van der Waals surface area contributed by atoms with Gasteiger partial charge in [-0.25, -0.2) is 0 Å². The third kappa shape index (κ3) is 2.02. The van der Waals surface area contributed by atoms with Crippen molar-refractivity contribution in [3.05, 3.63) is 47.7 Å². The number of allylic oxidation sites excluding steroid dienone is 2. The first-order chi connectivity index (χ1) is 10.4. The number of halogens is 1. The molecule has 1 aromatic rings. The maximum absolute atomic E-state index is 15.4. The normalized spacial score (nSPS) is 22.5. The van der Waals surface area contributed by atoms with Crippen LogP contribution >= 0.6 is 0 Å². The standard InChI is InChI=1S/C15H15FN4O2/c1-20(15(16)10(14(17)22)4-3-7-18-15)12-6-2-5-11-9(12)8-13(21)19-11/h2-7,18H,8H2,1H3,(H2,17,22)(H,19,21). The molecule has 0 saturated carbocycles. The predicted molar refractivity (Wildman–Crippen MR) is 80.6 cm³/mol. The highest BCUT2D eigenvalue weighted by atomic mass is 19.2. The smallest absolute Gasteiger partial charge is 0.289 e. The molecular formula is C15H15FN4O2. The molecule has 0 saturated heterocycles. The van der Waals surface area contributed by atoms with Crippen LogP contribution in [0, 0.1) is 0 Å². The lowest BCUT2D eigenvalue weighted by molar-refractivity contribution is -0.116. The number of anilines is 2. The molecule has 0 aliphatic carbocycles. The molecule has 1 atom stereocenters. The predicted octanol–water partition coefficient (Wildman–Crippen LogP) is 0.769. The zero-order valence-electron chi connectivity index (χ0n) is 11.9. The molecule has 0 fully saturated rings. The zero-order chi connectivity index (χ0) is 15.9. The van der Waals surface area contributed by atoms with Crippen molar-refractivity contribution in [2.24, 2.45) is 5.73 Å². The summed E-state index contributed by atoms with van der Waals surface area (Å²) >= 11 is 0. The molecule has 2 amide bonds. The molecule has 0 radical (unpaired) electrons. The van der Waals surface area contributed by atoms with E-state index in [4.69, 9.17) is 5.73 Å². The molecule has 4 N–H and O–H groups in total. The molecule has 114 valence electrons. The first kappa shape index (κ1) is 14.1. The van der Waals surface area contributed by atoms with Crippen LogP contribution in [0.15, 0.2) is 42.1 Å². The van der Waals surface area contributed by atoms with Crippen molar-refractivity contribution in [1.82, 2.24) is 5.32 Å². The van der Waals surface area contributed by atoms with E-state index >= 15 is 4.39 Å². The number of nitrogens with two attached hydrogens (primary N) is 1. The van der Waals surface area contributed by atoms with E-state index < -0.39 is 11.8 Å². The Kier molecular flexibility index (Phi) is 3.13. The Bertz CT molecular complexity index is 728. The van der Waals surface area contributed by atoms with E-state index in [2.05, 4.69) is 10.6 Å². The van der Waals surface area contributed by atoms with Gasteiger partial charge in [-0.15, -0.1) is 0 Å². The van der Waals surface area contributed by atoms with Gasteiger partial charge in [0.25, 0.3) is 11.8 Å². The third-order valence-corrected chi connectivity index (χ3v) is 3.84. The van der Waals surface area contributed by atoms with E-state index in [-0.39, 0.29) is 17.9 Å². The Morgan fingerprint density at radius 3 is 2.95 bits per heavy atom. The lowest BCUT2D eigenvalue weighted by atomic mass is 10.0. The van der Waals surface area contributed by atoms with E-state index in [9.17, 15) is 9.59 Å². The molecular weight excluding hydrogens is 287 g/mol. The number of nitrogens with one attached hydrogen (secondary N) is 2. The van der Waals surface area contributed by atoms with Crippen LogP contribution in [0.4, 0.5) is 15.8 Å². The highest BCUT2D eigenvalue weighted by Gasteiger charge is 2.43. The summed E-state index contributed by atoms with van der Waals surface area (Å²) in [6.07, 6.45) is 4.40. The second kappa shape index (κ2) is 4.87. The molecule has 7 heteroatoms. The number of hydrogen-bond acceptors (Lipinski definition) is 4. The molecule has 1 aromatic carbocycles. The Labute approximate surface area is 126 Å². The van der Waals surface area contributed by atoms with Crippen LogP contribution in [0.3, 0.4) is 0 Å². The van der Waals surface area contributed by atoms with Gasteiger partial charge in [0.1, 0.15) is 0 Å². The fraction of sp³-hybridized carbons (Fsp3) is 0.200. The summed E-state index contributed by atoms with van der Waals surface area (Å²) in [6.45, 7) is 0. The highest BCUT2D eigenvalue weighted by Crippen LogP contribution is 2.37. The quantitative estimate of drug-likeness (QED) is 0.720. The first-order valence-electron chi connectivity index (χ1n) is 6.73. The summed E-state index contributed by atoms with van der Waals surface area (Å²) in [6, 6.07) is 5.16. The summed E-state index contributed by atoms with van der Waals surface area (Å²) in [5, 5.41) is 5.25. The number of hydrogen-bond donors (Lipinski definition) is 3. The molecule has 0 spiro atoms. The van der Waals surface area contributed by atoms with Crippen molar-refractivity contribution in [3.8, 4) is 0 Å². The molecule has 1 unspecified atom stereocenters. The Balaban J connectivity index is 2.05. The van der Waals surface area contributed by atoms with Crippen LogP contribution in [0.1, 0.15) is 5.56 Å².